The summed E-state index contributed by atoms with van der Waals surface area (Å²) < 4.78 is 11.3. The van der Waals surface area contributed by atoms with Crippen molar-refractivity contribution in [3.05, 3.63) is 29.8 Å². The third kappa shape index (κ3) is 5.35. The lowest BCUT2D eigenvalue weighted by molar-refractivity contribution is 0.0263. The van der Waals surface area contributed by atoms with Crippen LogP contribution in [0.4, 0.5) is 0 Å². The van der Waals surface area contributed by atoms with Crippen molar-refractivity contribution in [1.29, 1.82) is 0 Å². The molecule has 6 heteroatoms. The van der Waals surface area contributed by atoms with Gasteiger partial charge in [0.05, 0.1) is 19.3 Å². The summed E-state index contributed by atoms with van der Waals surface area (Å²) in [7, 11) is 7.76. The van der Waals surface area contributed by atoms with E-state index in [0.717, 1.165) is 50.8 Å². The maximum absolute atomic E-state index is 5.75. The highest BCUT2D eigenvalue weighted by atomic mass is 16.5. The molecule has 0 aliphatic carbocycles. The topological polar surface area (TPSA) is 49.3 Å². The fourth-order valence-corrected chi connectivity index (χ4v) is 3.50. The van der Waals surface area contributed by atoms with E-state index in [1.54, 1.807) is 7.11 Å². The lowest BCUT2D eigenvalue weighted by atomic mass is 10.0. The molecule has 0 spiro atoms. The van der Waals surface area contributed by atoms with E-state index in [-0.39, 0.29) is 6.04 Å². The summed E-state index contributed by atoms with van der Waals surface area (Å²) in [5.74, 6) is 1.88. The number of hydrogen-bond acceptors (Lipinski definition) is 4. The molecule has 1 aromatic carbocycles. The van der Waals surface area contributed by atoms with Gasteiger partial charge in [0.25, 0.3) is 0 Å². The molecule has 0 radical (unpaired) electrons. The van der Waals surface area contributed by atoms with Gasteiger partial charge in [0.1, 0.15) is 5.75 Å². The maximum Gasteiger partial charge on any atom is 0.193 e. The SMILES string of the molecule is CCOC1CCN(C(=NC)NCC(c2ccccc2OC)N(C)C)CC1. The van der Waals surface area contributed by atoms with E-state index in [9.17, 15) is 0 Å². The van der Waals surface area contributed by atoms with Crippen LogP contribution in [0.5, 0.6) is 5.75 Å². The summed E-state index contributed by atoms with van der Waals surface area (Å²) in [6.07, 6.45) is 2.49. The Labute approximate surface area is 158 Å². The molecule has 1 aliphatic rings. The van der Waals surface area contributed by atoms with Gasteiger partial charge in [-0.3, -0.25) is 4.99 Å². The lowest BCUT2D eigenvalue weighted by Gasteiger charge is -2.35. The minimum atomic E-state index is 0.198. The van der Waals surface area contributed by atoms with Gasteiger partial charge in [0, 0.05) is 38.9 Å². The molecule has 146 valence electrons. The summed E-state index contributed by atoms with van der Waals surface area (Å²) in [4.78, 5) is 9.02. The Morgan fingerprint density at radius 3 is 2.58 bits per heavy atom. The molecular formula is C20H34N4O2. The Hall–Kier alpha value is -1.79. The van der Waals surface area contributed by atoms with Crippen molar-refractivity contribution < 1.29 is 9.47 Å². The highest BCUT2D eigenvalue weighted by molar-refractivity contribution is 5.80. The predicted molar refractivity (Wildman–Crippen MR) is 107 cm³/mol. The van der Waals surface area contributed by atoms with Gasteiger partial charge in [0.2, 0.25) is 0 Å². The average molecular weight is 363 g/mol. The molecule has 1 heterocycles. The van der Waals surface area contributed by atoms with Crippen molar-refractivity contribution in [2.24, 2.45) is 4.99 Å². The molecule has 1 atom stereocenters. The van der Waals surface area contributed by atoms with Gasteiger partial charge < -0.3 is 24.6 Å². The van der Waals surface area contributed by atoms with E-state index in [4.69, 9.17) is 9.47 Å². The second-order valence-corrected chi connectivity index (χ2v) is 6.79. The molecule has 2 rings (SSSR count). The van der Waals surface area contributed by atoms with Gasteiger partial charge >= 0.3 is 0 Å². The lowest BCUT2D eigenvalue weighted by Crippen LogP contribution is -2.48. The Balaban J connectivity index is 1.99. The van der Waals surface area contributed by atoms with Gasteiger partial charge in [-0.2, -0.15) is 0 Å². The van der Waals surface area contributed by atoms with E-state index in [0.29, 0.717) is 6.10 Å². The molecular weight excluding hydrogens is 328 g/mol. The van der Waals surface area contributed by atoms with Crippen LogP contribution >= 0.6 is 0 Å². The second-order valence-electron chi connectivity index (χ2n) is 6.79. The minimum Gasteiger partial charge on any atom is -0.496 e. The van der Waals surface area contributed by atoms with Crippen molar-refractivity contribution in [3.8, 4) is 5.75 Å². The van der Waals surface area contributed by atoms with Crippen LogP contribution in [0.15, 0.2) is 29.3 Å². The van der Waals surface area contributed by atoms with Crippen molar-refractivity contribution in [2.45, 2.75) is 31.9 Å². The van der Waals surface area contributed by atoms with Crippen LogP contribution < -0.4 is 10.1 Å². The van der Waals surface area contributed by atoms with Crippen LogP contribution in [0, 0.1) is 0 Å². The number of benzene rings is 1. The van der Waals surface area contributed by atoms with Crippen molar-refractivity contribution in [1.82, 2.24) is 15.1 Å². The van der Waals surface area contributed by atoms with Crippen molar-refractivity contribution in [3.63, 3.8) is 0 Å². The smallest absolute Gasteiger partial charge is 0.193 e. The second kappa shape index (κ2) is 10.4. The number of methoxy groups -OCH3 is 1. The van der Waals surface area contributed by atoms with Crippen LogP contribution in [-0.2, 0) is 4.74 Å². The summed E-state index contributed by atoms with van der Waals surface area (Å²) in [6.45, 7) is 5.58. The molecule has 1 saturated heterocycles. The number of para-hydroxylation sites is 1. The van der Waals surface area contributed by atoms with Crippen LogP contribution in [0.1, 0.15) is 31.4 Å². The Bertz CT molecular complexity index is 569. The number of nitrogens with one attached hydrogen (secondary N) is 1. The van der Waals surface area contributed by atoms with E-state index in [2.05, 4.69) is 53.3 Å². The number of likely N-dealkylation sites (tertiary alicyclic amines) is 1. The standard InChI is InChI=1S/C20H34N4O2/c1-6-26-16-11-13-24(14-12-16)20(21-2)22-15-18(23(3)4)17-9-7-8-10-19(17)25-5/h7-10,16,18H,6,11-15H2,1-5H3,(H,21,22). The molecule has 1 unspecified atom stereocenters. The largest absolute Gasteiger partial charge is 0.496 e. The summed E-state index contributed by atoms with van der Waals surface area (Å²) in [5.41, 5.74) is 1.18. The van der Waals surface area contributed by atoms with Gasteiger partial charge in [-0.1, -0.05) is 18.2 Å². The zero-order valence-corrected chi connectivity index (χ0v) is 16.9. The molecule has 26 heavy (non-hydrogen) atoms. The van der Waals surface area contributed by atoms with Crippen molar-refractivity contribution >= 4 is 5.96 Å². The zero-order chi connectivity index (χ0) is 18.9. The number of piperidine rings is 1. The number of aliphatic imine (C=N–C) groups is 1. The van der Waals surface area contributed by atoms with Gasteiger partial charge in [0.15, 0.2) is 5.96 Å². The highest BCUT2D eigenvalue weighted by Gasteiger charge is 2.23. The maximum atomic E-state index is 5.75. The molecule has 1 aromatic rings. The average Bonchev–Trinajstić information content (AvgIpc) is 2.66. The first-order chi connectivity index (χ1) is 12.6. The Kier molecular flexibility index (Phi) is 8.19. The van der Waals surface area contributed by atoms with E-state index < -0.39 is 0 Å². The molecule has 1 fully saturated rings. The quantitative estimate of drug-likeness (QED) is 0.596. The Morgan fingerprint density at radius 2 is 2.00 bits per heavy atom. The number of hydrogen-bond donors (Lipinski definition) is 1. The third-order valence-electron chi connectivity index (χ3n) is 4.93. The first-order valence-corrected chi connectivity index (χ1v) is 9.47. The molecule has 1 N–H and O–H groups in total. The highest BCUT2D eigenvalue weighted by Crippen LogP contribution is 2.27. The number of guanidine groups is 1. The molecule has 0 aromatic heterocycles. The number of ether oxygens (including phenoxy) is 2. The first kappa shape index (κ1) is 20.5. The summed E-state index contributed by atoms with van der Waals surface area (Å²) >= 11 is 0. The fourth-order valence-electron chi connectivity index (χ4n) is 3.50. The van der Waals surface area contributed by atoms with Crippen LogP contribution in [-0.4, -0.2) is 76.4 Å². The van der Waals surface area contributed by atoms with E-state index in [1.807, 2.05) is 19.2 Å². The van der Waals surface area contributed by atoms with E-state index in [1.165, 1.54) is 5.56 Å². The fraction of sp³-hybridized carbons (Fsp3) is 0.650. The predicted octanol–water partition coefficient (Wildman–Crippen LogP) is 2.37. The molecule has 1 aliphatic heterocycles. The summed E-state index contributed by atoms with van der Waals surface area (Å²) in [5, 5.41) is 3.56. The van der Waals surface area contributed by atoms with Gasteiger partial charge in [-0.15, -0.1) is 0 Å². The van der Waals surface area contributed by atoms with Gasteiger partial charge in [-0.05, 0) is 39.9 Å². The molecule has 0 bridgehead atoms. The van der Waals surface area contributed by atoms with Crippen LogP contribution in [0.3, 0.4) is 0 Å². The van der Waals surface area contributed by atoms with Crippen LogP contribution in [0.25, 0.3) is 0 Å². The third-order valence-corrected chi connectivity index (χ3v) is 4.93. The zero-order valence-electron chi connectivity index (χ0n) is 16.9. The summed E-state index contributed by atoms with van der Waals surface area (Å²) in [6, 6.07) is 8.40. The first-order valence-electron chi connectivity index (χ1n) is 9.47. The molecule has 0 amide bonds. The number of rotatable bonds is 7. The van der Waals surface area contributed by atoms with E-state index >= 15 is 0 Å². The normalized spacial score (nSPS) is 17.5. The minimum absolute atomic E-state index is 0.198. The molecule has 0 saturated carbocycles. The molecule has 6 nitrogen and oxygen atoms in total. The number of nitrogens with zero attached hydrogens (tertiary/aromatic N) is 3. The number of likely N-dealkylation sites (N-methyl/N-ethyl adjacent to an activating group) is 1. The monoisotopic (exact) mass is 362 g/mol. The van der Waals surface area contributed by atoms with Crippen LogP contribution in [0.2, 0.25) is 0 Å². The Morgan fingerprint density at radius 1 is 1.31 bits per heavy atom. The van der Waals surface area contributed by atoms with Crippen molar-refractivity contribution in [2.75, 3.05) is 54.5 Å². The van der Waals surface area contributed by atoms with Gasteiger partial charge in [-0.25, -0.2) is 0 Å².